The first kappa shape index (κ1) is 20.3. The molecule has 0 bridgehead atoms. The van der Waals surface area contributed by atoms with Gasteiger partial charge in [-0.15, -0.1) is 0 Å². The Bertz CT molecular complexity index is 871. The average Bonchev–Trinajstić information content (AvgIpc) is 2.79. The SMILES string of the molecule is COC(=O)[C@H]1[C@H](C(=O)OC)[C@]2(c3ccc(OC)cc3)CC[C@]12c1ccc(OC)cc1. The molecule has 0 radical (unpaired) electrons. The Hall–Kier alpha value is -3.02. The molecule has 2 aromatic carbocycles. The molecule has 0 heterocycles. The number of carbonyl (C=O) groups is 2. The van der Waals surface area contributed by atoms with E-state index in [9.17, 15) is 9.59 Å². The van der Waals surface area contributed by atoms with Crippen LogP contribution in [0.5, 0.6) is 11.5 Å². The van der Waals surface area contributed by atoms with Gasteiger partial charge in [0.15, 0.2) is 0 Å². The molecule has 0 amide bonds. The van der Waals surface area contributed by atoms with E-state index < -0.39 is 22.7 Å². The molecule has 0 spiro atoms. The molecule has 2 aliphatic rings. The smallest absolute Gasteiger partial charge is 0.310 e. The first-order valence-electron chi connectivity index (χ1n) is 9.95. The summed E-state index contributed by atoms with van der Waals surface area (Å²) < 4.78 is 20.9. The molecule has 2 aromatic rings. The van der Waals surface area contributed by atoms with Crippen LogP contribution in [-0.4, -0.2) is 40.4 Å². The molecule has 0 aliphatic heterocycles. The van der Waals surface area contributed by atoms with Crippen molar-refractivity contribution in [3.8, 4) is 11.5 Å². The number of rotatable bonds is 6. The van der Waals surface area contributed by atoms with Crippen LogP contribution in [0.2, 0.25) is 0 Å². The van der Waals surface area contributed by atoms with Crippen LogP contribution >= 0.6 is 0 Å². The van der Waals surface area contributed by atoms with Crippen molar-refractivity contribution in [3.05, 3.63) is 59.7 Å². The molecule has 0 N–H and O–H groups in total. The molecule has 2 saturated carbocycles. The van der Waals surface area contributed by atoms with Crippen LogP contribution in [0, 0.1) is 11.8 Å². The zero-order valence-electron chi connectivity index (χ0n) is 17.6. The fourth-order valence-corrected chi connectivity index (χ4v) is 5.87. The van der Waals surface area contributed by atoms with E-state index in [4.69, 9.17) is 18.9 Å². The molecule has 6 nitrogen and oxygen atoms in total. The molecule has 30 heavy (non-hydrogen) atoms. The van der Waals surface area contributed by atoms with Crippen molar-refractivity contribution in [1.82, 2.24) is 0 Å². The van der Waals surface area contributed by atoms with Crippen LogP contribution in [0.1, 0.15) is 24.0 Å². The first-order chi connectivity index (χ1) is 14.5. The van der Waals surface area contributed by atoms with Crippen LogP contribution in [-0.2, 0) is 29.9 Å². The quantitative estimate of drug-likeness (QED) is 0.681. The first-order valence-corrected chi connectivity index (χ1v) is 9.95. The van der Waals surface area contributed by atoms with E-state index in [-0.39, 0.29) is 11.9 Å². The van der Waals surface area contributed by atoms with Gasteiger partial charge in [-0.2, -0.15) is 0 Å². The highest BCUT2D eigenvalue weighted by Gasteiger charge is 2.82. The van der Waals surface area contributed by atoms with E-state index in [1.165, 1.54) is 14.2 Å². The summed E-state index contributed by atoms with van der Waals surface area (Å²) in [4.78, 5) is 25.8. The molecule has 0 saturated heterocycles. The summed E-state index contributed by atoms with van der Waals surface area (Å²) in [6.45, 7) is 0. The van der Waals surface area contributed by atoms with Gasteiger partial charge >= 0.3 is 11.9 Å². The zero-order valence-corrected chi connectivity index (χ0v) is 17.6. The van der Waals surface area contributed by atoms with Gasteiger partial charge in [-0.25, -0.2) is 0 Å². The summed E-state index contributed by atoms with van der Waals surface area (Å²) in [5.41, 5.74) is 0.918. The average molecular weight is 410 g/mol. The Morgan fingerprint density at radius 2 is 1.00 bits per heavy atom. The fourth-order valence-electron chi connectivity index (χ4n) is 5.87. The number of hydrogen-bond donors (Lipinski definition) is 0. The Kier molecular flexibility index (Phi) is 4.96. The predicted molar refractivity (Wildman–Crippen MR) is 110 cm³/mol. The van der Waals surface area contributed by atoms with Crippen molar-refractivity contribution in [3.63, 3.8) is 0 Å². The summed E-state index contributed by atoms with van der Waals surface area (Å²) in [6, 6.07) is 15.5. The molecular weight excluding hydrogens is 384 g/mol. The third kappa shape index (κ3) is 2.42. The van der Waals surface area contributed by atoms with Gasteiger partial charge < -0.3 is 18.9 Å². The topological polar surface area (TPSA) is 71.1 Å². The van der Waals surface area contributed by atoms with Gasteiger partial charge in [0.1, 0.15) is 11.5 Å². The minimum absolute atomic E-state index is 0.384. The number of fused-ring (bicyclic) bond motifs is 1. The molecule has 0 aromatic heterocycles. The van der Waals surface area contributed by atoms with Crippen LogP contribution in [0.25, 0.3) is 0 Å². The van der Waals surface area contributed by atoms with E-state index >= 15 is 0 Å². The van der Waals surface area contributed by atoms with E-state index in [0.717, 1.165) is 35.5 Å². The summed E-state index contributed by atoms with van der Waals surface area (Å²) in [7, 11) is 5.97. The highest BCUT2D eigenvalue weighted by atomic mass is 16.5. The summed E-state index contributed by atoms with van der Waals surface area (Å²) in [5.74, 6) is -0.514. The number of ether oxygens (including phenoxy) is 4. The highest BCUT2D eigenvalue weighted by molar-refractivity contribution is 5.91. The van der Waals surface area contributed by atoms with Crippen molar-refractivity contribution in [1.29, 1.82) is 0 Å². The van der Waals surface area contributed by atoms with E-state index in [2.05, 4.69) is 0 Å². The largest absolute Gasteiger partial charge is 0.497 e. The number of carbonyl (C=O) groups excluding carboxylic acids is 2. The second-order valence-corrected chi connectivity index (χ2v) is 7.90. The molecular formula is C24H26O6. The van der Waals surface area contributed by atoms with Gasteiger partial charge in [0, 0.05) is 10.8 Å². The summed E-state index contributed by atoms with van der Waals surface area (Å²) in [6.07, 6.45) is 1.55. The maximum absolute atomic E-state index is 12.9. The third-order valence-corrected chi connectivity index (χ3v) is 7.23. The minimum atomic E-state index is -0.612. The molecule has 0 unspecified atom stereocenters. The Morgan fingerprint density at radius 3 is 1.23 bits per heavy atom. The third-order valence-electron chi connectivity index (χ3n) is 7.23. The summed E-state index contributed by atoms with van der Waals surface area (Å²) >= 11 is 0. The van der Waals surface area contributed by atoms with Crippen LogP contribution < -0.4 is 9.47 Å². The van der Waals surface area contributed by atoms with Gasteiger partial charge in [-0.05, 0) is 48.2 Å². The van der Waals surface area contributed by atoms with Gasteiger partial charge in [0.25, 0.3) is 0 Å². The van der Waals surface area contributed by atoms with Crippen LogP contribution in [0.15, 0.2) is 48.5 Å². The number of hydrogen-bond acceptors (Lipinski definition) is 6. The Balaban J connectivity index is 1.90. The molecule has 2 fully saturated rings. The number of methoxy groups -OCH3 is 4. The number of benzene rings is 2. The van der Waals surface area contributed by atoms with E-state index in [0.29, 0.717) is 0 Å². The zero-order chi connectivity index (χ0) is 21.5. The Labute approximate surface area is 176 Å². The van der Waals surface area contributed by atoms with Crippen molar-refractivity contribution < 1.29 is 28.5 Å². The lowest BCUT2D eigenvalue weighted by atomic mass is 9.26. The van der Waals surface area contributed by atoms with Crippen molar-refractivity contribution >= 4 is 11.9 Å². The maximum atomic E-state index is 12.9. The minimum Gasteiger partial charge on any atom is -0.497 e. The highest BCUT2D eigenvalue weighted by Crippen LogP contribution is 2.77. The number of esters is 2. The van der Waals surface area contributed by atoms with Crippen LogP contribution in [0.3, 0.4) is 0 Å². The normalized spacial score (nSPS) is 28.9. The molecule has 2 aliphatic carbocycles. The van der Waals surface area contributed by atoms with Crippen molar-refractivity contribution in [2.75, 3.05) is 28.4 Å². The van der Waals surface area contributed by atoms with Gasteiger partial charge in [0.2, 0.25) is 0 Å². The second kappa shape index (κ2) is 7.35. The van der Waals surface area contributed by atoms with Crippen molar-refractivity contribution in [2.45, 2.75) is 23.7 Å². The molecule has 4 rings (SSSR count). The lowest BCUT2D eigenvalue weighted by Gasteiger charge is -2.74. The van der Waals surface area contributed by atoms with Gasteiger partial charge in [-0.3, -0.25) is 9.59 Å². The molecule has 6 heteroatoms. The molecule has 158 valence electrons. The van der Waals surface area contributed by atoms with Crippen molar-refractivity contribution in [2.24, 2.45) is 11.8 Å². The second-order valence-electron chi connectivity index (χ2n) is 7.90. The predicted octanol–water partition coefficient (Wildman–Crippen LogP) is 3.27. The fraction of sp³-hybridized carbons (Fsp3) is 0.417. The Morgan fingerprint density at radius 1 is 0.667 bits per heavy atom. The lowest BCUT2D eigenvalue weighted by molar-refractivity contribution is -0.213. The monoisotopic (exact) mass is 410 g/mol. The summed E-state index contributed by atoms with van der Waals surface area (Å²) in [5, 5.41) is 0. The van der Waals surface area contributed by atoms with Gasteiger partial charge in [-0.1, -0.05) is 24.3 Å². The lowest BCUT2D eigenvalue weighted by Crippen LogP contribution is -2.80. The van der Waals surface area contributed by atoms with E-state index in [1.54, 1.807) is 14.2 Å². The van der Waals surface area contributed by atoms with Gasteiger partial charge in [0.05, 0.1) is 40.3 Å². The standard InChI is InChI=1S/C24H26O6/c1-27-17-9-5-15(6-10-17)23-13-14-24(23,16-7-11-18(28-2)12-8-16)20(22(26)30-4)19(23)21(25)29-3/h5-12,19-20H,13-14H2,1-4H3/t19-,20-,23-,24+/m1/s1. The van der Waals surface area contributed by atoms with Crippen LogP contribution in [0.4, 0.5) is 0 Å². The maximum Gasteiger partial charge on any atom is 0.310 e. The van der Waals surface area contributed by atoms with E-state index in [1.807, 2.05) is 48.5 Å². The molecule has 4 atom stereocenters.